The fourth-order valence-electron chi connectivity index (χ4n) is 4.65. The molecule has 0 saturated carbocycles. The van der Waals surface area contributed by atoms with Gasteiger partial charge < -0.3 is 30.9 Å². The fraction of sp³-hybridized carbons (Fsp3) is 0.306. The zero-order chi connectivity index (χ0) is 40.9. The summed E-state index contributed by atoms with van der Waals surface area (Å²) in [5.74, 6) is -3.09. The van der Waals surface area contributed by atoms with Crippen LogP contribution in [0.3, 0.4) is 0 Å². The third-order valence-corrected chi connectivity index (χ3v) is 9.61. The average Bonchev–Trinajstić information content (AvgIpc) is 3.63. The minimum Gasteiger partial charge on any atom is -0.492 e. The van der Waals surface area contributed by atoms with Crippen LogP contribution in [0.4, 0.5) is 19.0 Å². The summed E-state index contributed by atoms with van der Waals surface area (Å²) in [6.45, 7) is 5.55. The number of halogens is 4. The van der Waals surface area contributed by atoms with Gasteiger partial charge in [-0.05, 0) is 50.1 Å². The SMILES string of the molecule is CCCNc1nc(SCc2csc(-c3ccc(Cl)cc3)n2)c(C#N)c(-c2ccc(OCCN(C(=O)[C@H](C)N)[C@@H](C)C(=O)O)cc2)c1C#N.O=C(O)C(F)(F)F. The Morgan fingerprint density at radius 1 is 1.04 bits per heavy atom. The van der Waals surface area contributed by atoms with E-state index in [4.69, 9.17) is 41.9 Å². The molecule has 13 nitrogen and oxygen atoms in total. The number of pyridine rings is 1. The van der Waals surface area contributed by atoms with E-state index in [2.05, 4.69) is 17.5 Å². The molecule has 5 N–H and O–H groups in total. The third-order valence-electron chi connectivity index (χ3n) is 7.41. The summed E-state index contributed by atoms with van der Waals surface area (Å²) < 4.78 is 37.6. The van der Waals surface area contributed by atoms with Crippen LogP contribution >= 0.6 is 34.7 Å². The van der Waals surface area contributed by atoms with Gasteiger partial charge >= 0.3 is 18.1 Å². The Labute approximate surface area is 327 Å². The van der Waals surface area contributed by atoms with E-state index in [9.17, 15) is 38.4 Å². The molecule has 4 rings (SSSR count). The first-order valence-electron chi connectivity index (χ1n) is 16.3. The highest BCUT2D eigenvalue weighted by Gasteiger charge is 2.38. The number of amides is 1. The van der Waals surface area contributed by atoms with Gasteiger partial charge in [-0.2, -0.15) is 23.7 Å². The molecule has 2 atom stereocenters. The van der Waals surface area contributed by atoms with E-state index in [1.165, 1.54) is 41.8 Å². The van der Waals surface area contributed by atoms with E-state index in [0.717, 1.165) is 22.7 Å². The van der Waals surface area contributed by atoms with Crippen LogP contribution < -0.4 is 15.8 Å². The number of carbonyl (C=O) groups excluding carboxylic acids is 1. The molecule has 0 unspecified atom stereocenters. The molecular weight excluding hydrogens is 783 g/mol. The second-order valence-electron chi connectivity index (χ2n) is 11.5. The summed E-state index contributed by atoms with van der Waals surface area (Å²) in [6.07, 6.45) is -4.28. The van der Waals surface area contributed by atoms with Crippen molar-refractivity contribution < 1.29 is 42.5 Å². The number of alkyl halides is 3. The number of nitriles is 2. The summed E-state index contributed by atoms with van der Waals surface area (Å²) in [5, 5.41) is 44.3. The van der Waals surface area contributed by atoms with Crippen LogP contribution in [-0.4, -0.2) is 80.9 Å². The van der Waals surface area contributed by atoms with Gasteiger partial charge in [-0.25, -0.2) is 19.6 Å². The largest absolute Gasteiger partial charge is 0.492 e. The van der Waals surface area contributed by atoms with Gasteiger partial charge in [-0.3, -0.25) is 4.79 Å². The van der Waals surface area contributed by atoms with Crippen molar-refractivity contribution in [1.82, 2.24) is 14.9 Å². The van der Waals surface area contributed by atoms with E-state index in [0.29, 0.717) is 45.0 Å². The maximum Gasteiger partial charge on any atom is 0.490 e. The monoisotopic (exact) mass is 817 g/mol. The van der Waals surface area contributed by atoms with Gasteiger partial charge in [-0.1, -0.05) is 54.6 Å². The van der Waals surface area contributed by atoms with Gasteiger partial charge in [0.05, 0.1) is 23.8 Å². The molecule has 4 aromatic rings. The Balaban J connectivity index is 0.00000106. The van der Waals surface area contributed by atoms with Crippen molar-refractivity contribution in [2.45, 2.75) is 56.2 Å². The summed E-state index contributed by atoms with van der Waals surface area (Å²) >= 11 is 8.92. The molecule has 0 aliphatic rings. The number of nitrogens with one attached hydrogen (secondary N) is 1. The van der Waals surface area contributed by atoms with Gasteiger partial charge in [0, 0.05) is 33.8 Å². The van der Waals surface area contributed by atoms with Crippen molar-refractivity contribution in [2.75, 3.05) is 25.0 Å². The molecule has 0 aliphatic carbocycles. The van der Waals surface area contributed by atoms with E-state index in [-0.39, 0.29) is 24.3 Å². The van der Waals surface area contributed by atoms with Crippen molar-refractivity contribution in [3.05, 3.63) is 75.8 Å². The predicted molar refractivity (Wildman–Crippen MR) is 202 cm³/mol. The van der Waals surface area contributed by atoms with Crippen molar-refractivity contribution in [3.63, 3.8) is 0 Å². The van der Waals surface area contributed by atoms with Crippen molar-refractivity contribution in [2.24, 2.45) is 5.73 Å². The molecular formula is C36H35ClF3N7O6S2. The van der Waals surface area contributed by atoms with Crippen LogP contribution in [0, 0.1) is 22.7 Å². The zero-order valence-corrected chi connectivity index (χ0v) is 31.9. The second-order valence-corrected chi connectivity index (χ2v) is 13.7. The Morgan fingerprint density at radius 3 is 2.16 bits per heavy atom. The molecule has 1 amide bonds. The van der Waals surface area contributed by atoms with Crippen molar-refractivity contribution >= 4 is 58.4 Å². The number of hydrogen-bond acceptors (Lipinski definition) is 12. The van der Waals surface area contributed by atoms with Crippen LogP contribution in [0.5, 0.6) is 5.75 Å². The van der Waals surface area contributed by atoms with E-state index in [1.807, 2.05) is 36.6 Å². The summed E-state index contributed by atoms with van der Waals surface area (Å²) in [7, 11) is 0. The molecule has 2 aromatic carbocycles. The molecule has 0 saturated heterocycles. The first-order chi connectivity index (χ1) is 26.0. The van der Waals surface area contributed by atoms with Crippen LogP contribution in [0.1, 0.15) is 44.0 Å². The minimum absolute atomic E-state index is 0.0182. The first kappa shape index (κ1) is 44.0. The third kappa shape index (κ3) is 12.3. The van der Waals surface area contributed by atoms with E-state index in [1.54, 1.807) is 24.3 Å². The normalized spacial score (nSPS) is 11.9. The lowest BCUT2D eigenvalue weighted by atomic mass is 9.96. The summed E-state index contributed by atoms with van der Waals surface area (Å²) in [6, 6.07) is 16.9. The van der Waals surface area contributed by atoms with E-state index < -0.39 is 36.1 Å². The number of nitrogens with two attached hydrogens (primary N) is 1. The molecule has 0 aliphatic heterocycles. The number of anilines is 1. The highest BCUT2D eigenvalue weighted by molar-refractivity contribution is 7.98. The molecule has 55 heavy (non-hydrogen) atoms. The van der Waals surface area contributed by atoms with Crippen LogP contribution in [-0.2, 0) is 20.1 Å². The Kier molecular flexibility index (Phi) is 16.3. The average molecular weight is 818 g/mol. The second kappa shape index (κ2) is 20.3. The number of ether oxygens (including phenoxy) is 1. The van der Waals surface area contributed by atoms with Crippen LogP contribution in [0.15, 0.2) is 58.9 Å². The highest BCUT2D eigenvalue weighted by Crippen LogP contribution is 2.38. The highest BCUT2D eigenvalue weighted by atomic mass is 35.5. The number of carboxylic acids is 2. The van der Waals surface area contributed by atoms with Gasteiger partial charge in [0.15, 0.2) is 0 Å². The molecule has 19 heteroatoms. The maximum absolute atomic E-state index is 12.5. The van der Waals surface area contributed by atoms with Gasteiger partial charge in [0.2, 0.25) is 5.91 Å². The molecule has 0 radical (unpaired) electrons. The number of carboxylic acid groups (broad SMARTS) is 2. The molecule has 0 bridgehead atoms. The predicted octanol–water partition coefficient (Wildman–Crippen LogP) is 7.04. The minimum atomic E-state index is -5.08. The smallest absolute Gasteiger partial charge is 0.490 e. The lowest BCUT2D eigenvalue weighted by Crippen LogP contribution is -2.50. The molecule has 0 spiro atoms. The Morgan fingerprint density at radius 2 is 1.64 bits per heavy atom. The number of thiazole rings is 1. The lowest BCUT2D eigenvalue weighted by molar-refractivity contribution is -0.192. The maximum atomic E-state index is 12.5. The zero-order valence-electron chi connectivity index (χ0n) is 29.6. The lowest BCUT2D eigenvalue weighted by Gasteiger charge is -2.28. The Bertz CT molecular complexity index is 2050. The first-order valence-corrected chi connectivity index (χ1v) is 18.5. The fourth-order valence-corrected chi connectivity index (χ4v) is 6.59. The summed E-state index contributed by atoms with van der Waals surface area (Å²) in [4.78, 5) is 43.5. The standard InChI is InChI=1S/C34H34ClN7O4S2.C2HF3O2/c1-4-13-39-30-27(16-36)29(22-7-11-26(12-8-22)46-15-14-42(21(3)34(44)45)33(43)20(2)38)28(17-37)32(41-30)48-19-25-18-47-31(40-25)23-5-9-24(35)10-6-23;3-2(4,5)1(6)7/h5-12,18,20-21H,4,13-15,19,38H2,1-3H3,(H,39,41)(H,44,45);(H,6,7)/t20-,21-;/m0./s1. The molecule has 2 heterocycles. The molecule has 2 aromatic heterocycles. The van der Waals surface area contributed by atoms with Gasteiger partial charge in [0.25, 0.3) is 0 Å². The van der Waals surface area contributed by atoms with Gasteiger partial charge in [0.1, 0.15) is 52.0 Å². The Hall–Kier alpha value is -5.40. The topological polar surface area (TPSA) is 216 Å². The number of carbonyl (C=O) groups is 3. The quantitative estimate of drug-likeness (QED) is 0.0887. The summed E-state index contributed by atoms with van der Waals surface area (Å²) in [5.41, 5.74) is 9.09. The number of hydrogen-bond donors (Lipinski definition) is 4. The number of aliphatic carboxylic acids is 2. The van der Waals surface area contributed by atoms with Crippen molar-refractivity contribution in [1.29, 1.82) is 10.5 Å². The van der Waals surface area contributed by atoms with E-state index >= 15 is 0 Å². The number of thioether (sulfide) groups is 1. The number of nitrogens with zero attached hydrogens (tertiary/aromatic N) is 5. The number of benzene rings is 2. The van der Waals surface area contributed by atoms with Crippen molar-refractivity contribution in [3.8, 4) is 39.6 Å². The van der Waals surface area contributed by atoms with Gasteiger partial charge in [-0.15, -0.1) is 11.3 Å². The number of aromatic nitrogens is 2. The molecule has 0 fully saturated rings. The van der Waals surface area contributed by atoms with Crippen LogP contribution in [0.2, 0.25) is 5.02 Å². The molecule has 290 valence electrons. The number of rotatable bonds is 15. The van der Waals surface area contributed by atoms with Crippen LogP contribution in [0.25, 0.3) is 21.7 Å².